The summed E-state index contributed by atoms with van der Waals surface area (Å²) in [7, 11) is 1.80. The van der Waals surface area contributed by atoms with Gasteiger partial charge in [-0.25, -0.2) is 18.2 Å². The molecule has 232 valence electrons. The van der Waals surface area contributed by atoms with Gasteiger partial charge in [-0.05, 0) is 43.0 Å². The molecule has 8 rings (SSSR count). The molecule has 3 fully saturated rings. The number of benzene rings is 2. The quantitative estimate of drug-likeness (QED) is 0.321. The fourth-order valence-electron chi connectivity index (χ4n) is 7.83. The maximum Gasteiger partial charge on any atom is 0.319 e. The number of rotatable bonds is 4. The lowest BCUT2D eigenvalue weighted by Gasteiger charge is -2.50. The van der Waals surface area contributed by atoms with Crippen molar-refractivity contribution in [2.24, 2.45) is 0 Å². The van der Waals surface area contributed by atoms with Gasteiger partial charge < -0.3 is 24.6 Å². The van der Waals surface area contributed by atoms with Crippen LogP contribution < -0.4 is 14.4 Å². The summed E-state index contributed by atoms with van der Waals surface area (Å²) in [6, 6.07) is 5.23. The Hall–Kier alpha value is -4.34. The Balaban J connectivity index is 1.33. The lowest BCUT2D eigenvalue weighted by molar-refractivity contribution is -0.00261. The van der Waals surface area contributed by atoms with Crippen molar-refractivity contribution < 1.29 is 32.9 Å². The Morgan fingerprint density at radius 2 is 1.98 bits per heavy atom. The number of aliphatic hydroxyl groups excluding tert-OH is 1. The molecule has 0 amide bonds. The van der Waals surface area contributed by atoms with Crippen molar-refractivity contribution in [3.63, 3.8) is 0 Å². The van der Waals surface area contributed by atoms with Crippen LogP contribution in [0, 0.1) is 24.0 Å². The van der Waals surface area contributed by atoms with Gasteiger partial charge in [0.25, 0.3) is 0 Å². The van der Waals surface area contributed by atoms with E-state index in [1.165, 1.54) is 24.3 Å². The molecule has 2 saturated heterocycles. The molecule has 3 aliphatic heterocycles. The monoisotopic (exact) mass is 617 g/mol. The number of likely N-dealkylation sites (N-methyl/N-ethyl adjacent to an activating group) is 1. The van der Waals surface area contributed by atoms with Crippen LogP contribution in [0.15, 0.2) is 24.3 Å². The molecule has 1 saturated carbocycles. The molecule has 45 heavy (non-hydrogen) atoms. The summed E-state index contributed by atoms with van der Waals surface area (Å²) in [4.78, 5) is 17.7. The predicted molar refractivity (Wildman–Crippen MR) is 160 cm³/mol. The first-order chi connectivity index (χ1) is 21.6. The Kier molecular flexibility index (Phi) is 6.15. The van der Waals surface area contributed by atoms with Crippen molar-refractivity contribution >= 4 is 27.5 Å². The molecule has 5 heterocycles. The molecule has 0 bridgehead atoms. The van der Waals surface area contributed by atoms with Gasteiger partial charge in [0, 0.05) is 43.8 Å². The van der Waals surface area contributed by atoms with Gasteiger partial charge in [-0.3, -0.25) is 4.90 Å². The van der Waals surface area contributed by atoms with Crippen LogP contribution in [-0.4, -0.2) is 86.8 Å². The number of aliphatic hydroxyl groups is 1. The molecular weight excluding hydrogens is 587 g/mol. The minimum absolute atomic E-state index is 0.0415. The maximum atomic E-state index is 16.9. The summed E-state index contributed by atoms with van der Waals surface area (Å²) < 4.78 is 58.6. The van der Waals surface area contributed by atoms with Crippen molar-refractivity contribution in [2.75, 3.05) is 38.3 Å². The summed E-state index contributed by atoms with van der Waals surface area (Å²) >= 11 is 0. The van der Waals surface area contributed by atoms with E-state index >= 15 is 4.39 Å². The first-order valence-corrected chi connectivity index (χ1v) is 15.0. The van der Waals surface area contributed by atoms with E-state index in [-0.39, 0.29) is 64.0 Å². The highest BCUT2D eigenvalue weighted by Crippen LogP contribution is 2.48. The van der Waals surface area contributed by atoms with Gasteiger partial charge in [-0.15, -0.1) is 6.42 Å². The van der Waals surface area contributed by atoms with E-state index in [1.807, 2.05) is 4.90 Å². The van der Waals surface area contributed by atoms with E-state index < -0.39 is 35.0 Å². The summed E-state index contributed by atoms with van der Waals surface area (Å²) in [5.74, 6) is 0.966. The van der Waals surface area contributed by atoms with Gasteiger partial charge >= 0.3 is 6.01 Å². The Bertz CT molecular complexity index is 1940. The molecule has 1 aliphatic carbocycles. The molecule has 0 unspecified atom stereocenters. The molecule has 1 spiro atoms. The number of phenols is 1. The smallest absolute Gasteiger partial charge is 0.319 e. The van der Waals surface area contributed by atoms with Crippen molar-refractivity contribution in [2.45, 2.75) is 55.5 Å². The zero-order valence-electron chi connectivity index (χ0n) is 24.5. The van der Waals surface area contributed by atoms with Gasteiger partial charge in [-0.1, -0.05) is 12.0 Å². The number of aromatic nitrogens is 3. The number of terminal acetylenes is 1. The van der Waals surface area contributed by atoms with Gasteiger partial charge in [0.2, 0.25) is 5.88 Å². The summed E-state index contributed by atoms with van der Waals surface area (Å²) in [6.07, 6.45) is 7.02. The van der Waals surface area contributed by atoms with Crippen LogP contribution in [0.25, 0.3) is 32.9 Å². The number of hydrogen-bond acceptors (Lipinski definition) is 9. The number of ether oxygens (including phenoxy) is 2. The third-order valence-corrected chi connectivity index (χ3v) is 10.1. The van der Waals surface area contributed by atoms with E-state index in [0.717, 1.165) is 19.4 Å². The van der Waals surface area contributed by atoms with Crippen LogP contribution in [-0.2, 0) is 0 Å². The van der Waals surface area contributed by atoms with Crippen molar-refractivity contribution in [3.8, 4) is 41.2 Å². The molecular formula is C33H30F3N5O4. The van der Waals surface area contributed by atoms with Crippen LogP contribution >= 0.6 is 0 Å². The Labute approximate surface area is 256 Å². The second-order valence-electron chi connectivity index (χ2n) is 12.8. The average molecular weight is 618 g/mol. The minimum Gasteiger partial charge on any atom is -0.508 e. The third kappa shape index (κ3) is 4.13. The number of fused-ring (bicyclic) bond motifs is 2. The number of alkyl halides is 1. The Morgan fingerprint density at radius 1 is 1.16 bits per heavy atom. The predicted octanol–water partition coefficient (Wildman–Crippen LogP) is 4.49. The SMILES string of the molecule is C#Cc1c(F)ccc2cc(O)cc(-c3nc4c5c(nc(OC[C@@]67CCCN6C[C@H](F)C7)nc5c3F)N(C)C3(CO4)CC(O)C3)c12. The second kappa shape index (κ2) is 9.83. The number of anilines is 1. The molecule has 12 heteroatoms. The van der Waals surface area contributed by atoms with Gasteiger partial charge in [0.15, 0.2) is 5.82 Å². The number of nitrogens with zero attached hydrogens (tertiary/aromatic N) is 5. The van der Waals surface area contributed by atoms with E-state index in [2.05, 4.69) is 20.8 Å². The first-order valence-electron chi connectivity index (χ1n) is 15.0. The minimum atomic E-state index is -0.951. The topological polar surface area (TPSA) is 104 Å². The highest BCUT2D eigenvalue weighted by molar-refractivity contribution is 6.04. The van der Waals surface area contributed by atoms with Gasteiger partial charge in [0.05, 0.1) is 22.7 Å². The van der Waals surface area contributed by atoms with E-state index in [9.17, 15) is 19.0 Å². The normalized spacial score (nSPS) is 27.3. The lowest BCUT2D eigenvalue weighted by Crippen LogP contribution is -2.61. The second-order valence-corrected chi connectivity index (χ2v) is 12.8. The zero-order valence-corrected chi connectivity index (χ0v) is 24.5. The molecule has 2 atom stereocenters. The fourth-order valence-corrected chi connectivity index (χ4v) is 7.83. The Morgan fingerprint density at radius 3 is 2.76 bits per heavy atom. The van der Waals surface area contributed by atoms with Crippen LogP contribution in [0.5, 0.6) is 17.6 Å². The lowest BCUT2D eigenvalue weighted by atomic mass is 9.73. The standard InChI is InChI=1S/C33H30F3N5O4/c1-3-21-23(35)6-5-17-9-19(42)10-22(24(17)21)27-26(36)28-25-29(40(2)33(12-20(43)13-33)16-44-30(25)37-27)39-31(38-28)45-15-32-7-4-8-41(32)14-18(34)11-32/h1,5-6,9-10,18,20,42-43H,4,7-8,11-16H2,2H3/t18-,20?,32+,33?/m1/s1. The first kappa shape index (κ1) is 28.2. The van der Waals surface area contributed by atoms with Crippen molar-refractivity contribution in [1.29, 1.82) is 0 Å². The van der Waals surface area contributed by atoms with Gasteiger partial charge in [0.1, 0.15) is 53.4 Å². The highest BCUT2D eigenvalue weighted by Gasteiger charge is 2.51. The van der Waals surface area contributed by atoms with Crippen LogP contribution in [0.1, 0.15) is 37.7 Å². The summed E-state index contributed by atoms with van der Waals surface area (Å²) in [5, 5.41) is 21.7. The molecule has 4 aromatic rings. The number of pyridine rings is 1. The van der Waals surface area contributed by atoms with E-state index in [4.69, 9.17) is 20.9 Å². The van der Waals surface area contributed by atoms with Crippen molar-refractivity contribution in [1.82, 2.24) is 19.9 Å². The largest absolute Gasteiger partial charge is 0.508 e. The van der Waals surface area contributed by atoms with Crippen molar-refractivity contribution in [3.05, 3.63) is 41.5 Å². The number of phenolic OH excluding ortho intramolecular Hbond substituents is 1. The molecule has 0 radical (unpaired) electrons. The zero-order chi connectivity index (χ0) is 31.2. The molecule has 2 aromatic carbocycles. The third-order valence-electron chi connectivity index (χ3n) is 10.1. The van der Waals surface area contributed by atoms with E-state index in [0.29, 0.717) is 37.0 Å². The molecule has 9 nitrogen and oxygen atoms in total. The van der Waals surface area contributed by atoms with E-state index in [1.54, 1.807) is 7.05 Å². The molecule has 4 aliphatic rings. The number of halogens is 3. The van der Waals surface area contributed by atoms with Crippen LogP contribution in [0.3, 0.4) is 0 Å². The van der Waals surface area contributed by atoms with Crippen LogP contribution in [0.2, 0.25) is 0 Å². The molecule has 2 aromatic heterocycles. The number of aromatic hydroxyl groups is 1. The van der Waals surface area contributed by atoms with Crippen LogP contribution in [0.4, 0.5) is 19.0 Å². The average Bonchev–Trinajstić information content (AvgIpc) is 3.49. The number of hydrogen-bond donors (Lipinski definition) is 2. The highest BCUT2D eigenvalue weighted by atomic mass is 19.1. The fraction of sp³-hybridized carbons (Fsp3) is 0.424. The summed E-state index contributed by atoms with van der Waals surface area (Å²) in [6.45, 7) is 1.39. The summed E-state index contributed by atoms with van der Waals surface area (Å²) in [5.41, 5.74) is -1.56. The maximum absolute atomic E-state index is 16.9. The van der Waals surface area contributed by atoms with Gasteiger partial charge in [-0.2, -0.15) is 9.97 Å². The molecule has 2 N–H and O–H groups in total.